The van der Waals surface area contributed by atoms with Gasteiger partial charge in [-0.05, 0) is 37.0 Å². The van der Waals surface area contributed by atoms with E-state index in [-0.39, 0.29) is 5.91 Å². The number of hydrogen-bond donors (Lipinski definition) is 2. The van der Waals surface area contributed by atoms with Crippen LogP contribution in [0, 0.1) is 17.2 Å². The first kappa shape index (κ1) is 10.5. The third-order valence-electron chi connectivity index (χ3n) is 2.63. The predicted molar refractivity (Wildman–Crippen MR) is 61.5 cm³/mol. The third-order valence-corrected chi connectivity index (χ3v) is 2.63. The number of benzene rings is 1. The fraction of sp³-hybridized carbons (Fsp3) is 0.333. The van der Waals surface area contributed by atoms with Crippen LogP contribution in [0.4, 0.5) is 11.4 Å². The molecule has 3 N–H and O–H groups in total. The Morgan fingerprint density at radius 2 is 2.31 bits per heavy atom. The Kier molecular flexibility index (Phi) is 2.78. The fourth-order valence-electron chi connectivity index (χ4n) is 1.53. The lowest BCUT2D eigenvalue weighted by atomic mass is 10.2. The van der Waals surface area contributed by atoms with Gasteiger partial charge < -0.3 is 11.1 Å². The van der Waals surface area contributed by atoms with Gasteiger partial charge in [0.1, 0.15) is 0 Å². The summed E-state index contributed by atoms with van der Waals surface area (Å²) >= 11 is 0. The zero-order valence-corrected chi connectivity index (χ0v) is 8.86. The Hall–Kier alpha value is -2.02. The Balaban J connectivity index is 2.03. The van der Waals surface area contributed by atoms with E-state index in [0.717, 1.165) is 12.8 Å². The van der Waals surface area contributed by atoms with Crippen molar-refractivity contribution in [3.05, 3.63) is 23.8 Å². The minimum Gasteiger partial charge on any atom is -0.397 e. The van der Waals surface area contributed by atoms with E-state index in [1.54, 1.807) is 18.2 Å². The largest absolute Gasteiger partial charge is 0.397 e. The normalized spacial score (nSPS) is 14.2. The molecule has 1 amide bonds. The number of nitrogens with one attached hydrogen (secondary N) is 1. The Morgan fingerprint density at radius 1 is 1.56 bits per heavy atom. The molecule has 0 radical (unpaired) electrons. The summed E-state index contributed by atoms with van der Waals surface area (Å²) in [5.41, 5.74) is 7.24. The number of carbonyl (C=O) groups is 1. The van der Waals surface area contributed by atoms with E-state index in [1.807, 2.05) is 6.07 Å². The zero-order chi connectivity index (χ0) is 11.5. The first-order valence-electron chi connectivity index (χ1n) is 5.28. The monoisotopic (exact) mass is 215 g/mol. The van der Waals surface area contributed by atoms with Gasteiger partial charge in [-0.15, -0.1) is 0 Å². The molecule has 1 aliphatic rings. The molecule has 4 nitrogen and oxygen atoms in total. The van der Waals surface area contributed by atoms with Gasteiger partial charge in [0.15, 0.2) is 0 Å². The average molecular weight is 215 g/mol. The summed E-state index contributed by atoms with van der Waals surface area (Å²) in [7, 11) is 0. The van der Waals surface area contributed by atoms with Crippen LogP contribution in [0.2, 0.25) is 0 Å². The van der Waals surface area contributed by atoms with E-state index in [0.29, 0.717) is 29.3 Å². The van der Waals surface area contributed by atoms with Gasteiger partial charge in [-0.2, -0.15) is 5.26 Å². The van der Waals surface area contributed by atoms with Gasteiger partial charge in [0.05, 0.1) is 23.0 Å². The van der Waals surface area contributed by atoms with Crippen molar-refractivity contribution in [1.29, 1.82) is 5.26 Å². The molecule has 1 saturated carbocycles. The minimum atomic E-state index is -0.00101. The summed E-state index contributed by atoms with van der Waals surface area (Å²) in [5.74, 6) is 0.554. The molecule has 0 unspecified atom stereocenters. The van der Waals surface area contributed by atoms with E-state index in [2.05, 4.69) is 5.32 Å². The molecule has 0 atom stereocenters. The van der Waals surface area contributed by atoms with Crippen LogP contribution in [0.5, 0.6) is 0 Å². The molecular formula is C12H13N3O. The van der Waals surface area contributed by atoms with E-state index in [4.69, 9.17) is 11.0 Å². The maximum atomic E-state index is 11.5. The lowest BCUT2D eigenvalue weighted by Gasteiger charge is -2.07. The Bertz CT molecular complexity index is 458. The standard InChI is InChI=1S/C12H13N3O/c13-7-9-3-4-11(10(14)5-9)15-12(16)6-8-1-2-8/h3-5,8H,1-2,6,14H2,(H,15,16). The van der Waals surface area contributed by atoms with Crippen molar-refractivity contribution >= 4 is 17.3 Å². The van der Waals surface area contributed by atoms with Crippen LogP contribution in [0.25, 0.3) is 0 Å². The van der Waals surface area contributed by atoms with E-state index >= 15 is 0 Å². The highest BCUT2D eigenvalue weighted by atomic mass is 16.1. The first-order valence-corrected chi connectivity index (χ1v) is 5.28. The molecule has 0 bridgehead atoms. The van der Waals surface area contributed by atoms with Gasteiger partial charge in [0, 0.05) is 6.42 Å². The highest BCUT2D eigenvalue weighted by Gasteiger charge is 2.24. The molecule has 0 spiro atoms. The molecule has 0 aromatic heterocycles. The number of nitrogens with zero attached hydrogens (tertiary/aromatic N) is 1. The third kappa shape index (κ3) is 2.51. The number of nitrogen functional groups attached to an aromatic ring is 1. The van der Waals surface area contributed by atoms with Crippen molar-refractivity contribution in [3.8, 4) is 6.07 Å². The molecule has 2 rings (SSSR count). The fourth-order valence-corrected chi connectivity index (χ4v) is 1.53. The highest BCUT2D eigenvalue weighted by Crippen LogP contribution is 2.32. The molecule has 0 saturated heterocycles. The lowest BCUT2D eigenvalue weighted by Crippen LogP contribution is -2.13. The van der Waals surface area contributed by atoms with E-state index < -0.39 is 0 Å². The number of hydrogen-bond acceptors (Lipinski definition) is 3. The molecule has 1 aliphatic carbocycles. The van der Waals surface area contributed by atoms with Gasteiger partial charge in [0.2, 0.25) is 5.91 Å². The number of nitriles is 1. The van der Waals surface area contributed by atoms with Gasteiger partial charge in [0.25, 0.3) is 0 Å². The molecule has 4 heteroatoms. The Labute approximate surface area is 94.1 Å². The quantitative estimate of drug-likeness (QED) is 0.755. The van der Waals surface area contributed by atoms with Crippen LogP contribution in [-0.2, 0) is 4.79 Å². The number of amides is 1. The van der Waals surface area contributed by atoms with Gasteiger partial charge >= 0.3 is 0 Å². The molecular weight excluding hydrogens is 202 g/mol. The number of nitrogens with two attached hydrogens (primary N) is 1. The predicted octanol–water partition coefficient (Wildman–Crippen LogP) is 1.88. The van der Waals surface area contributed by atoms with Crippen molar-refractivity contribution in [1.82, 2.24) is 0 Å². The Morgan fingerprint density at radius 3 is 2.88 bits per heavy atom. The van der Waals surface area contributed by atoms with Crippen LogP contribution in [-0.4, -0.2) is 5.91 Å². The summed E-state index contributed by atoms with van der Waals surface area (Å²) in [6.07, 6.45) is 2.87. The van der Waals surface area contributed by atoms with Crippen molar-refractivity contribution in [2.75, 3.05) is 11.1 Å². The van der Waals surface area contributed by atoms with E-state index in [9.17, 15) is 4.79 Å². The minimum absolute atomic E-state index is 0.00101. The number of carbonyl (C=O) groups excluding carboxylic acids is 1. The summed E-state index contributed by atoms with van der Waals surface area (Å²) in [5, 5.41) is 11.4. The van der Waals surface area contributed by atoms with Crippen LogP contribution in [0.3, 0.4) is 0 Å². The second-order valence-corrected chi connectivity index (χ2v) is 4.11. The number of rotatable bonds is 3. The highest BCUT2D eigenvalue weighted by molar-refractivity contribution is 5.94. The molecule has 1 aromatic rings. The lowest BCUT2D eigenvalue weighted by molar-refractivity contribution is -0.116. The summed E-state index contributed by atoms with van der Waals surface area (Å²) in [6.45, 7) is 0. The SMILES string of the molecule is N#Cc1ccc(NC(=O)CC2CC2)c(N)c1. The first-order chi connectivity index (χ1) is 7.69. The van der Waals surface area contributed by atoms with Crippen molar-refractivity contribution in [3.63, 3.8) is 0 Å². The number of anilines is 2. The second kappa shape index (κ2) is 4.23. The van der Waals surface area contributed by atoms with Crippen molar-refractivity contribution < 1.29 is 4.79 Å². The van der Waals surface area contributed by atoms with Crippen LogP contribution in [0.15, 0.2) is 18.2 Å². The molecule has 1 fully saturated rings. The zero-order valence-electron chi connectivity index (χ0n) is 8.86. The van der Waals surface area contributed by atoms with Crippen LogP contribution in [0.1, 0.15) is 24.8 Å². The molecule has 0 heterocycles. The maximum Gasteiger partial charge on any atom is 0.224 e. The van der Waals surface area contributed by atoms with Crippen LogP contribution >= 0.6 is 0 Å². The van der Waals surface area contributed by atoms with Gasteiger partial charge in [-0.1, -0.05) is 0 Å². The summed E-state index contributed by atoms with van der Waals surface area (Å²) in [4.78, 5) is 11.5. The smallest absolute Gasteiger partial charge is 0.224 e. The summed E-state index contributed by atoms with van der Waals surface area (Å²) in [6, 6.07) is 6.87. The molecule has 82 valence electrons. The van der Waals surface area contributed by atoms with Gasteiger partial charge in [-0.3, -0.25) is 4.79 Å². The van der Waals surface area contributed by atoms with Crippen molar-refractivity contribution in [2.45, 2.75) is 19.3 Å². The topological polar surface area (TPSA) is 78.9 Å². The van der Waals surface area contributed by atoms with E-state index in [1.165, 1.54) is 0 Å². The molecule has 0 aliphatic heterocycles. The van der Waals surface area contributed by atoms with Gasteiger partial charge in [-0.25, -0.2) is 0 Å². The molecule has 1 aromatic carbocycles. The second-order valence-electron chi connectivity index (χ2n) is 4.11. The average Bonchev–Trinajstić information content (AvgIpc) is 3.05. The molecule has 16 heavy (non-hydrogen) atoms. The summed E-state index contributed by atoms with van der Waals surface area (Å²) < 4.78 is 0. The maximum absolute atomic E-state index is 11.5. The van der Waals surface area contributed by atoms with Crippen molar-refractivity contribution in [2.24, 2.45) is 5.92 Å². The van der Waals surface area contributed by atoms with Crippen LogP contribution < -0.4 is 11.1 Å².